The summed E-state index contributed by atoms with van der Waals surface area (Å²) in [6, 6.07) is 11.8. The van der Waals surface area contributed by atoms with Crippen molar-refractivity contribution < 1.29 is 27.5 Å². The molecule has 1 saturated heterocycles. The van der Waals surface area contributed by atoms with E-state index < -0.39 is 22.0 Å². The number of esters is 2. The molecule has 3 rings (SSSR count). The second-order valence-corrected chi connectivity index (χ2v) is 8.21. The second kappa shape index (κ2) is 8.53. The number of hydrogen-bond donors (Lipinski definition) is 0. The molecule has 0 N–H and O–H groups in total. The number of ether oxygens (including phenoxy) is 2. The summed E-state index contributed by atoms with van der Waals surface area (Å²) in [6.07, 6.45) is 1.67. The van der Waals surface area contributed by atoms with Crippen molar-refractivity contribution in [3.63, 3.8) is 0 Å². The predicted octanol–water partition coefficient (Wildman–Crippen LogP) is 2.87. The Balaban J connectivity index is 1.74. The third-order valence-corrected chi connectivity index (χ3v) is 6.24. The van der Waals surface area contributed by atoms with Gasteiger partial charge in [-0.25, -0.2) is 18.0 Å². The van der Waals surface area contributed by atoms with E-state index in [1.54, 1.807) is 6.92 Å². The summed E-state index contributed by atoms with van der Waals surface area (Å²) in [5.41, 5.74) is 0.482. The average Bonchev–Trinajstić information content (AvgIpc) is 3.24. The predicted molar refractivity (Wildman–Crippen MR) is 102 cm³/mol. The van der Waals surface area contributed by atoms with E-state index >= 15 is 0 Å². The standard InChI is InChI=1S/C20H21NO6S/c1-2-26-19(22)15-8-10-17(11-9-15)27-20(23)16-6-5-7-18(14-16)28(24,25)21-12-3-4-13-21/h5-11,14H,2-4,12-13H2,1H3. The first-order chi connectivity index (χ1) is 13.4. The lowest BCUT2D eigenvalue weighted by Gasteiger charge is -2.15. The molecule has 1 aliphatic heterocycles. The lowest BCUT2D eigenvalue weighted by atomic mass is 10.2. The first kappa shape index (κ1) is 20.0. The Morgan fingerprint density at radius 1 is 0.964 bits per heavy atom. The number of nitrogens with zero attached hydrogens (tertiary/aromatic N) is 1. The van der Waals surface area contributed by atoms with Crippen LogP contribution in [0.1, 0.15) is 40.5 Å². The van der Waals surface area contributed by atoms with Crippen molar-refractivity contribution in [3.05, 3.63) is 59.7 Å². The zero-order chi connectivity index (χ0) is 20.1. The average molecular weight is 403 g/mol. The Morgan fingerprint density at radius 2 is 1.64 bits per heavy atom. The highest BCUT2D eigenvalue weighted by molar-refractivity contribution is 7.89. The van der Waals surface area contributed by atoms with E-state index in [4.69, 9.17) is 9.47 Å². The van der Waals surface area contributed by atoms with Crippen LogP contribution in [0.4, 0.5) is 0 Å². The van der Waals surface area contributed by atoms with E-state index in [0.29, 0.717) is 18.7 Å². The van der Waals surface area contributed by atoms with Crippen LogP contribution in [-0.2, 0) is 14.8 Å². The molecule has 2 aromatic carbocycles. The monoisotopic (exact) mass is 403 g/mol. The Kier molecular flexibility index (Phi) is 6.11. The van der Waals surface area contributed by atoms with Gasteiger partial charge in [0.2, 0.25) is 10.0 Å². The molecule has 0 amide bonds. The molecule has 0 unspecified atom stereocenters. The largest absolute Gasteiger partial charge is 0.462 e. The van der Waals surface area contributed by atoms with Crippen LogP contribution in [0, 0.1) is 0 Å². The zero-order valence-corrected chi connectivity index (χ0v) is 16.3. The van der Waals surface area contributed by atoms with E-state index in [-0.39, 0.29) is 22.8 Å². The fraction of sp³-hybridized carbons (Fsp3) is 0.300. The third kappa shape index (κ3) is 4.40. The summed E-state index contributed by atoms with van der Waals surface area (Å²) >= 11 is 0. The quantitative estimate of drug-likeness (QED) is 0.544. The fourth-order valence-electron chi connectivity index (χ4n) is 2.90. The van der Waals surface area contributed by atoms with Crippen LogP contribution in [0.15, 0.2) is 53.4 Å². The smallest absolute Gasteiger partial charge is 0.343 e. The van der Waals surface area contributed by atoms with E-state index in [0.717, 1.165) is 12.8 Å². The molecule has 0 bridgehead atoms. The van der Waals surface area contributed by atoms with Crippen molar-refractivity contribution in [1.82, 2.24) is 4.31 Å². The molecule has 1 heterocycles. The molecule has 0 aromatic heterocycles. The molecule has 7 nitrogen and oxygen atoms in total. The number of hydrogen-bond acceptors (Lipinski definition) is 6. The first-order valence-corrected chi connectivity index (χ1v) is 10.5. The Morgan fingerprint density at radius 3 is 2.29 bits per heavy atom. The van der Waals surface area contributed by atoms with Gasteiger partial charge in [-0.15, -0.1) is 0 Å². The van der Waals surface area contributed by atoms with Crippen molar-refractivity contribution >= 4 is 22.0 Å². The van der Waals surface area contributed by atoms with Crippen LogP contribution in [0.2, 0.25) is 0 Å². The molecular weight excluding hydrogens is 382 g/mol. The van der Waals surface area contributed by atoms with E-state index in [1.807, 2.05) is 0 Å². The molecule has 0 spiro atoms. The van der Waals surface area contributed by atoms with Crippen molar-refractivity contribution in [3.8, 4) is 5.75 Å². The number of sulfonamides is 1. The molecule has 148 valence electrons. The number of rotatable bonds is 6. The molecule has 0 atom stereocenters. The van der Waals surface area contributed by atoms with Crippen molar-refractivity contribution in [2.45, 2.75) is 24.7 Å². The Labute approximate surface area is 163 Å². The van der Waals surface area contributed by atoms with E-state index in [1.165, 1.54) is 52.8 Å². The minimum absolute atomic E-state index is 0.0708. The third-order valence-electron chi connectivity index (χ3n) is 4.35. The summed E-state index contributed by atoms with van der Waals surface area (Å²) in [6.45, 7) is 2.96. The van der Waals surface area contributed by atoms with Crippen LogP contribution in [0.25, 0.3) is 0 Å². The summed E-state index contributed by atoms with van der Waals surface area (Å²) in [5, 5.41) is 0. The molecule has 28 heavy (non-hydrogen) atoms. The highest BCUT2D eigenvalue weighted by Crippen LogP contribution is 2.22. The molecule has 0 aliphatic carbocycles. The molecule has 8 heteroatoms. The fourth-order valence-corrected chi connectivity index (χ4v) is 4.46. The highest BCUT2D eigenvalue weighted by Gasteiger charge is 2.27. The lowest BCUT2D eigenvalue weighted by Crippen LogP contribution is -2.28. The normalized spacial score (nSPS) is 14.6. The maximum absolute atomic E-state index is 12.7. The van der Waals surface area contributed by atoms with Gasteiger partial charge >= 0.3 is 11.9 Å². The summed E-state index contributed by atoms with van der Waals surface area (Å²) < 4.78 is 36.9. The second-order valence-electron chi connectivity index (χ2n) is 6.27. The number of benzene rings is 2. The van der Waals surface area contributed by atoms with Crippen LogP contribution in [0.5, 0.6) is 5.75 Å². The van der Waals surface area contributed by atoms with Crippen molar-refractivity contribution in [1.29, 1.82) is 0 Å². The molecule has 1 aliphatic rings. The van der Waals surface area contributed by atoms with Gasteiger partial charge in [0.15, 0.2) is 0 Å². The van der Waals surface area contributed by atoms with E-state index in [9.17, 15) is 18.0 Å². The maximum Gasteiger partial charge on any atom is 0.343 e. The minimum atomic E-state index is -3.61. The highest BCUT2D eigenvalue weighted by atomic mass is 32.2. The first-order valence-electron chi connectivity index (χ1n) is 9.01. The summed E-state index contributed by atoms with van der Waals surface area (Å²) in [7, 11) is -3.61. The maximum atomic E-state index is 12.7. The van der Waals surface area contributed by atoms with Gasteiger partial charge < -0.3 is 9.47 Å². The van der Waals surface area contributed by atoms with Gasteiger partial charge in [0.05, 0.1) is 22.6 Å². The number of carbonyl (C=O) groups excluding carboxylic acids is 2. The topological polar surface area (TPSA) is 90.0 Å². The Bertz CT molecular complexity index is 962. The van der Waals surface area contributed by atoms with Crippen LogP contribution in [-0.4, -0.2) is 44.4 Å². The van der Waals surface area contributed by atoms with Crippen LogP contribution < -0.4 is 4.74 Å². The molecule has 0 radical (unpaired) electrons. The van der Waals surface area contributed by atoms with Gasteiger partial charge in [0.1, 0.15) is 5.75 Å². The lowest BCUT2D eigenvalue weighted by molar-refractivity contribution is 0.0526. The Hall–Kier alpha value is -2.71. The minimum Gasteiger partial charge on any atom is -0.462 e. The summed E-state index contributed by atoms with van der Waals surface area (Å²) in [4.78, 5) is 24.1. The van der Waals surface area contributed by atoms with Gasteiger partial charge in [-0.1, -0.05) is 6.07 Å². The molecule has 1 fully saturated rings. The SMILES string of the molecule is CCOC(=O)c1ccc(OC(=O)c2cccc(S(=O)(=O)N3CCCC3)c2)cc1. The van der Waals surface area contributed by atoms with Gasteiger partial charge in [0.25, 0.3) is 0 Å². The number of carbonyl (C=O) groups is 2. The molecular formula is C20H21NO6S. The van der Waals surface area contributed by atoms with Crippen LogP contribution >= 0.6 is 0 Å². The molecule has 2 aromatic rings. The van der Waals surface area contributed by atoms with Crippen molar-refractivity contribution in [2.75, 3.05) is 19.7 Å². The summed E-state index contributed by atoms with van der Waals surface area (Å²) in [5.74, 6) is -0.895. The zero-order valence-electron chi connectivity index (χ0n) is 15.5. The van der Waals surface area contributed by atoms with Gasteiger partial charge in [-0.2, -0.15) is 4.31 Å². The van der Waals surface area contributed by atoms with Gasteiger partial charge in [-0.3, -0.25) is 0 Å². The molecule has 0 saturated carbocycles. The van der Waals surface area contributed by atoms with Gasteiger partial charge in [-0.05, 0) is 62.2 Å². The van der Waals surface area contributed by atoms with Crippen molar-refractivity contribution in [2.24, 2.45) is 0 Å². The van der Waals surface area contributed by atoms with E-state index in [2.05, 4.69) is 0 Å². The van der Waals surface area contributed by atoms with Crippen LogP contribution in [0.3, 0.4) is 0 Å². The van der Waals surface area contributed by atoms with Gasteiger partial charge in [0, 0.05) is 13.1 Å².